The van der Waals surface area contributed by atoms with Crippen molar-refractivity contribution in [3.05, 3.63) is 0 Å². The highest BCUT2D eigenvalue weighted by Gasteiger charge is 2.34. The summed E-state index contributed by atoms with van der Waals surface area (Å²) in [6.45, 7) is 2.59. The van der Waals surface area contributed by atoms with Crippen molar-refractivity contribution < 1.29 is 14.7 Å². The lowest BCUT2D eigenvalue weighted by molar-refractivity contribution is -0.137. The topological polar surface area (TPSA) is 69.6 Å². The van der Waals surface area contributed by atoms with Crippen molar-refractivity contribution in [2.75, 3.05) is 13.1 Å². The molecule has 1 saturated carbocycles. The number of carboxylic acid groups (broad SMARTS) is 1. The second-order valence-electron chi connectivity index (χ2n) is 4.21. The zero-order chi connectivity index (χ0) is 12.8. The van der Waals surface area contributed by atoms with E-state index in [1.165, 1.54) is 4.90 Å². The highest BCUT2D eigenvalue weighted by atomic mass is 16.4. The summed E-state index contributed by atoms with van der Waals surface area (Å²) in [6.07, 6.45) is 7.11. The average molecular weight is 238 g/mol. The molecule has 0 bridgehead atoms. The summed E-state index contributed by atoms with van der Waals surface area (Å²) in [7, 11) is 0. The number of rotatable bonds is 6. The number of amides is 2. The smallest absolute Gasteiger partial charge is 0.318 e. The Hall–Kier alpha value is -1.70. The third kappa shape index (κ3) is 4.35. The number of hydrogen-bond acceptors (Lipinski definition) is 2. The summed E-state index contributed by atoms with van der Waals surface area (Å²) in [5, 5.41) is 11.5. The first-order valence-electron chi connectivity index (χ1n) is 5.79. The van der Waals surface area contributed by atoms with Crippen molar-refractivity contribution in [2.24, 2.45) is 5.92 Å². The molecule has 0 heterocycles. The van der Waals surface area contributed by atoms with Gasteiger partial charge in [0.25, 0.3) is 0 Å². The van der Waals surface area contributed by atoms with Crippen molar-refractivity contribution in [2.45, 2.75) is 32.2 Å². The summed E-state index contributed by atoms with van der Waals surface area (Å²) in [6, 6.07) is -0.546. The molecule has 1 rings (SSSR count). The van der Waals surface area contributed by atoms with E-state index in [1.54, 1.807) is 0 Å². The fourth-order valence-corrected chi connectivity index (χ4v) is 1.71. The molecule has 1 atom stereocenters. The Balaban J connectivity index is 2.51. The summed E-state index contributed by atoms with van der Waals surface area (Å²) in [5.41, 5.74) is 0. The fourth-order valence-electron chi connectivity index (χ4n) is 1.71. The Labute approximate surface area is 101 Å². The van der Waals surface area contributed by atoms with Crippen LogP contribution in [0.1, 0.15) is 26.2 Å². The molecule has 0 aromatic heterocycles. The van der Waals surface area contributed by atoms with E-state index in [0.717, 1.165) is 12.8 Å². The van der Waals surface area contributed by atoms with Crippen LogP contribution in [0.5, 0.6) is 0 Å². The minimum absolute atomic E-state index is 0.0238. The molecule has 0 spiro atoms. The lowest BCUT2D eigenvalue weighted by Crippen LogP contribution is -2.46. The number of urea groups is 1. The lowest BCUT2D eigenvalue weighted by atomic mass is 10.1. The van der Waals surface area contributed by atoms with Crippen LogP contribution in [0.4, 0.5) is 4.79 Å². The van der Waals surface area contributed by atoms with E-state index in [1.807, 2.05) is 6.92 Å². The maximum Gasteiger partial charge on any atom is 0.318 e. The molecule has 5 nitrogen and oxygen atoms in total. The van der Waals surface area contributed by atoms with Gasteiger partial charge in [0.1, 0.15) is 0 Å². The van der Waals surface area contributed by atoms with E-state index < -0.39 is 5.97 Å². The van der Waals surface area contributed by atoms with Crippen molar-refractivity contribution in [3.63, 3.8) is 0 Å². The number of aliphatic carboxylic acids is 1. The van der Waals surface area contributed by atoms with Gasteiger partial charge in [-0.1, -0.05) is 5.92 Å². The lowest BCUT2D eigenvalue weighted by Gasteiger charge is -2.23. The molecule has 2 N–H and O–H groups in total. The molecule has 0 aromatic rings. The summed E-state index contributed by atoms with van der Waals surface area (Å²) in [5.74, 6) is 1.83. The zero-order valence-electron chi connectivity index (χ0n) is 9.98. The van der Waals surface area contributed by atoms with Crippen LogP contribution < -0.4 is 5.32 Å². The van der Waals surface area contributed by atoms with Crippen molar-refractivity contribution in [1.29, 1.82) is 0 Å². The molecule has 1 unspecified atom stereocenters. The van der Waals surface area contributed by atoms with Gasteiger partial charge >= 0.3 is 12.0 Å². The third-order valence-electron chi connectivity index (χ3n) is 2.85. The van der Waals surface area contributed by atoms with Crippen LogP contribution in [0, 0.1) is 18.3 Å². The SMILES string of the molecule is C#CCN(CC)C(=O)NC(CC(=O)O)C1CC1. The first-order valence-corrected chi connectivity index (χ1v) is 5.79. The van der Waals surface area contributed by atoms with Gasteiger partial charge in [-0.2, -0.15) is 0 Å². The molecule has 0 saturated heterocycles. The zero-order valence-corrected chi connectivity index (χ0v) is 9.98. The number of carboxylic acids is 1. The van der Waals surface area contributed by atoms with E-state index in [0.29, 0.717) is 12.5 Å². The second kappa shape index (κ2) is 6.14. The Morgan fingerprint density at radius 2 is 2.24 bits per heavy atom. The third-order valence-corrected chi connectivity index (χ3v) is 2.85. The molecule has 1 aliphatic carbocycles. The maximum absolute atomic E-state index is 11.8. The van der Waals surface area contributed by atoms with Gasteiger partial charge in [0.15, 0.2) is 0 Å². The monoisotopic (exact) mass is 238 g/mol. The normalized spacial score (nSPS) is 15.8. The predicted octanol–water partition coefficient (Wildman–Crippen LogP) is 0.904. The van der Waals surface area contributed by atoms with Crippen molar-refractivity contribution >= 4 is 12.0 Å². The van der Waals surface area contributed by atoms with Crippen LogP contribution in [0.15, 0.2) is 0 Å². The molecule has 0 radical (unpaired) electrons. The minimum Gasteiger partial charge on any atom is -0.481 e. The highest BCUT2D eigenvalue weighted by molar-refractivity contribution is 5.76. The molecule has 0 aliphatic heterocycles. The Morgan fingerprint density at radius 1 is 1.59 bits per heavy atom. The Kier molecular flexibility index (Phi) is 4.83. The van der Waals surface area contributed by atoms with Crippen LogP contribution in [0.3, 0.4) is 0 Å². The predicted molar refractivity (Wildman–Crippen MR) is 63.4 cm³/mol. The molecule has 1 fully saturated rings. The van der Waals surface area contributed by atoms with Crippen LogP contribution in [-0.2, 0) is 4.79 Å². The van der Waals surface area contributed by atoms with Gasteiger partial charge in [-0.25, -0.2) is 4.79 Å². The number of carbonyl (C=O) groups is 2. The van der Waals surface area contributed by atoms with E-state index in [2.05, 4.69) is 11.2 Å². The standard InChI is InChI=1S/C12H18N2O3/c1-3-7-14(4-2)12(17)13-10(8-11(15)16)9-5-6-9/h1,9-10H,4-8H2,2H3,(H,13,17)(H,15,16). The van der Waals surface area contributed by atoms with Gasteiger partial charge in [0.05, 0.1) is 13.0 Å². The van der Waals surface area contributed by atoms with Gasteiger partial charge in [-0.15, -0.1) is 6.42 Å². The molecule has 2 amide bonds. The molecule has 1 aliphatic rings. The van der Waals surface area contributed by atoms with Gasteiger partial charge < -0.3 is 15.3 Å². The summed E-state index contributed by atoms with van der Waals surface area (Å²) >= 11 is 0. The van der Waals surface area contributed by atoms with E-state index in [9.17, 15) is 9.59 Å². The first-order chi connectivity index (χ1) is 8.08. The highest BCUT2D eigenvalue weighted by Crippen LogP contribution is 2.34. The average Bonchev–Trinajstić information content (AvgIpc) is 3.07. The number of nitrogens with zero attached hydrogens (tertiary/aromatic N) is 1. The second-order valence-corrected chi connectivity index (χ2v) is 4.21. The van der Waals surface area contributed by atoms with Crippen LogP contribution >= 0.6 is 0 Å². The van der Waals surface area contributed by atoms with Crippen LogP contribution in [-0.4, -0.2) is 41.1 Å². The van der Waals surface area contributed by atoms with E-state index in [4.69, 9.17) is 11.5 Å². The number of nitrogens with one attached hydrogen (secondary N) is 1. The number of terminal acetylenes is 1. The number of carbonyl (C=O) groups excluding carboxylic acids is 1. The summed E-state index contributed by atoms with van der Waals surface area (Å²) in [4.78, 5) is 24.0. The molecule has 94 valence electrons. The first kappa shape index (κ1) is 13.4. The molecular formula is C12H18N2O3. The molecule has 5 heteroatoms. The van der Waals surface area contributed by atoms with Gasteiger partial charge in [0, 0.05) is 12.6 Å². The Bertz CT molecular complexity index is 331. The van der Waals surface area contributed by atoms with Crippen LogP contribution in [0.25, 0.3) is 0 Å². The molecule has 0 aromatic carbocycles. The largest absolute Gasteiger partial charge is 0.481 e. The molecule has 17 heavy (non-hydrogen) atoms. The fraction of sp³-hybridized carbons (Fsp3) is 0.667. The quantitative estimate of drug-likeness (QED) is 0.676. The van der Waals surface area contributed by atoms with Crippen molar-refractivity contribution in [3.8, 4) is 12.3 Å². The van der Waals surface area contributed by atoms with Crippen molar-refractivity contribution in [1.82, 2.24) is 10.2 Å². The maximum atomic E-state index is 11.8. The summed E-state index contributed by atoms with van der Waals surface area (Å²) < 4.78 is 0. The Morgan fingerprint density at radius 3 is 2.65 bits per heavy atom. The van der Waals surface area contributed by atoms with Gasteiger partial charge in [-0.05, 0) is 25.7 Å². The van der Waals surface area contributed by atoms with Gasteiger partial charge in [-0.3, -0.25) is 4.79 Å². The van der Waals surface area contributed by atoms with Gasteiger partial charge in [0.2, 0.25) is 0 Å². The minimum atomic E-state index is -0.887. The van der Waals surface area contributed by atoms with Crippen LogP contribution in [0.2, 0.25) is 0 Å². The molecular weight excluding hydrogens is 220 g/mol. The van der Waals surface area contributed by atoms with E-state index in [-0.39, 0.29) is 25.0 Å². The number of hydrogen-bond donors (Lipinski definition) is 2. The van der Waals surface area contributed by atoms with E-state index >= 15 is 0 Å².